The third-order valence-corrected chi connectivity index (χ3v) is 18.4. The van der Waals surface area contributed by atoms with Crippen molar-refractivity contribution in [1.82, 2.24) is 0 Å². The van der Waals surface area contributed by atoms with Crippen molar-refractivity contribution < 1.29 is 18.6 Å². The van der Waals surface area contributed by atoms with Crippen LogP contribution in [0.4, 0.5) is 0 Å². The molecule has 0 N–H and O–H groups in total. The molecule has 2 aliphatic heterocycles. The fourth-order valence-corrected chi connectivity index (χ4v) is 13.8. The van der Waals surface area contributed by atoms with E-state index < -0.39 is 29.4 Å². The molecular weight excluding hydrogens is 908 g/mol. The van der Waals surface area contributed by atoms with Crippen molar-refractivity contribution in [2.75, 3.05) is 11.5 Å². The summed E-state index contributed by atoms with van der Waals surface area (Å²) in [6.07, 6.45) is 65.1. The molecule has 7 heteroatoms. The topological polar surface area (TPSA) is 36.9 Å². The highest BCUT2D eigenvalue weighted by Gasteiger charge is 2.70. The molecule has 0 aromatic heterocycles. The second kappa shape index (κ2) is 43.6. The lowest BCUT2D eigenvalue weighted by atomic mass is 9.70. The highest BCUT2D eigenvalue weighted by Crippen LogP contribution is 2.62. The molecule has 4 nitrogen and oxygen atoms in total. The minimum absolute atomic E-state index is 0.398. The molecular formula is C64H128BO4S2-. The highest BCUT2D eigenvalue weighted by molar-refractivity contribution is 7.80. The quantitative estimate of drug-likeness (QED) is 0.0362. The van der Waals surface area contributed by atoms with Crippen molar-refractivity contribution in [1.29, 1.82) is 0 Å². The summed E-state index contributed by atoms with van der Waals surface area (Å²) in [5.41, 5.74) is -1.60. The van der Waals surface area contributed by atoms with Crippen molar-refractivity contribution in [2.45, 2.75) is 398 Å². The molecule has 71 heavy (non-hydrogen) atoms. The maximum Gasteiger partial charge on any atom is 0.533 e. The fraction of sp³-hybridized carbons (Fsp3) is 1.00. The van der Waals surface area contributed by atoms with Gasteiger partial charge in [-0.1, -0.05) is 311 Å². The van der Waals surface area contributed by atoms with Gasteiger partial charge in [-0.3, -0.25) is 0 Å². The largest absolute Gasteiger partial charge is 0.533 e. The van der Waals surface area contributed by atoms with Crippen LogP contribution in [0.5, 0.6) is 0 Å². The molecule has 0 aromatic carbocycles. The lowest BCUT2D eigenvalue weighted by Gasteiger charge is -2.48. The molecule has 2 heterocycles. The highest BCUT2D eigenvalue weighted by atomic mass is 32.1. The number of rotatable bonds is 54. The molecule has 424 valence electrons. The van der Waals surface area contributed by atoms with Crippen LogP contribution in [0.15, 0.2) is 0 Å². The Morgan fingerprint density at radius 3 is 0.507 bits per heavy atom. The molecule has 1 spiro atoms. The third kappa shape index (κ3) is 26.2. The van der Waals surface area contributed by atoms with Gasteiger partial charge in [0.15, 0.2) is 0 Å². The summed E-state index contributed by atoms with van der Waals surface area (Å²) in [6, 6.07) is 0. The van der Waals surface area contributed by atoms with Gasteiger partial charge in [0.1, 0.15) is 0 Å². The van der Waals surface area contributed by atoms with E-state index in [1.54, 1.807) is 0 Å². The zero-order valence-electron chi connectivity index (χ0n) is 49.3. The zero-order valence-corrected chi connectivity index (χ0v) is 51.1. The Balaban J connectivity index is 2.92. The number of unbranched alkanes of at least 4 members (excludes halogenated alkanes) is 36. The van der Waals surface area contributed by atoms with Crippen molar-refractivity contribution in [3.63, 3.8) is 0 Å². The lowest BCUT2D eigenvalue weighted by Crippen LogP contribution is -2.52. The molecule has 0 radical (unpaired) electrons. The van der Waals surface area contributed by atoms with Crippen LogP contribution in [-0.2, 0) is 18.6 Å². The van der Waals surface area contributed by atoms with Crippen LogP contribution in [0.25, 0.3) is 0 Å². The van der Waals surface area contributed by atoms with E-state index >= 15 is 0 Å². The van der Waals surface area contributed by atoms with Crippen LogP contribution in [0.2, 0.25) is 0 Å². The molecule has 2 rings (SSSR count). The van der Waals surface area contributed by atoms with E-state index in [-0.39, 0.29) is 0 Å². The normalized spacial score (nSPS) is 21.6. The Bertz CT molecular complexity index is 1050. The first-order valence-electron chi connectivity index (χ1n) is 33.0. The SMILES string of the molecule is CCCCCCCCC1(CCCCCCS)O[B-]2(OC(CCCCCCS)(CCCCCCCC)C(CCCCCCCC)(CCCCCCCC)O2)OC1(CCCCCCCC)CCCCCCCC. The van der Waals surface area contributed by atoms with Gasteiger partial charge < -0.3 is 18.6 Å². The summed E-state index contributed by atoms with van der Waals surface area (Å²) in [5.74, 6) is 1.95. The molecule has 0 aromatic rings. The van der Waals surface area contributed by atoms with Gasteiger partial charge in [0.2, 0.25) is 0 Å². The summed E-state index contributed by atoms with van der Waals surface area (Å²) in [5, 5.41) is 0. The Morgan fingerprint density at radius 1 is 0.211 bits per heavy atom. The molecule has 0 saturated carbocycles. The Labute approximate surface area is 457 Å². The third-order valence-electron chi connectivity index (χ3n) is 17.7. The Hall–Kier alpha value is 0.605. The molecule has 2 fully saturated rings. The Kier molecular flexibility index (Phi) is 41.6. The standard InChI is InChI=1S/C64H128BO4S2/c1-7-13-19-25-31-41-51-61(52-42-32-26-20-14-8-2)63(57-47-37-39-49-59-70,55-45-35-29-23-17-11-5)68-65(66-61)67-62(53-43-33-27-21-15-9-3,54-44-34-28-22-16-10-4)64(69-65,58-48-38-40-50-60-71)56-46-36-30-24-18-12-6/h70-71H,7-60H2,1-6H3/q-1. The second-order valence-corrected chi connectivity index (χ2v) is 24.8. The van der Waals surface area contributed by atoms with Crippen LogP contribution in [-0.4, -0.2) is 40.9 Å². The first-order valence-corrected chi connectivity index (χ1v) is 34.2. The minimum Gasteiger partial charge on any atom is -0.512 e. The lowest BCUT2D eigenvalue weighted by molar-refractivity contribution is -0.0769. The van der Waals surface area contributed by atoms with E-state index in [2.05, 4.69) is 66.8 Å². The summed E-state index contributed by atoms with van der Waals surface area (Å²) < 4.78 is 33.0. The maximum atomic E-state index is 8.25. The molecule has 0 bridgehead atoms. The van der Waals surface area contributed by atoms with Crippen LogP contribution in [0.3, 0.4) is 0 Å². The van der Waals surface area contributed by atoms with E-state index in [9.17, 15) is 0 Å². The number of hydrogen-bond donors (Lipinski definition) is 2. The van der Waals surface area contributed by atoms with Crippen molar-refractivity contribution in [3.05, 3.63) is 0 Å². The van der Waals surface area contributed by atoms with E-state index in [4.69, 9.17) is 18.6 Å². The van der Waals surface area contributed by atoms with Gasteiger partial charge in [-0.05, 0) is 75.7 Å². The van der Waals surface area contributed by atoms with Gasteiger partial charge in [-0.25, -0.2) is 0 Å². The van der Waals surface area contributed by atoms with E-state index in [0.717, 1.165) is 62.9 Å². The van der Waals surface area contributed by atoms with E-state index in [0.29, 0.717) is 0 Å². The number of thiol groups is 2. The predicted octanol–water partition coefficient (Wildman–Crippen LogP) is 22.7. The summed E-state index contributed by atoms with van der Waals surface area (Å²) >= 11 is 9.32. The molecule has 2 aliphatic rings. The molecule has 0 aliphatic carbocycles. The average Bonchev–Trinajstić information content (AvgIpc) is 3.77. The van der Waals surface area contributed by atoms with Crippen molar-refractivity contribution in [3.8, 4) is 0 Å². The van der Waals surface area contributed by atoms with Gasteiger partial charge in [-0.15, -0.1) is 0 Å². The van der Waals surface area contributed by atoms with E-state index in [1.807, 2.05) is 0 Å². The summed E-state index contributed by atoms with van der Waals surface area (Å²) in [6.45, 7) is 11.6. The minimum atomic E-state index is -2.45. The fourth-order valence-electron chi connectivity index (χ4n) is 13.4. The van der Waals surface area contributed by atoms with E-state index in [1.165, 1.54) is 283 Å². The van der Waals surface area contributed by atoms with Crippen LogP contribution < -0.4 is 0 Å². The summed E-state index contributed by atoms with van der Waals surface area (Å²) in [4.78, 5) is 0. The zero-order chi connectivity index (χ0) is 51.5. The molecule has 2 atom stereocenters. The molecule has 0 amide bonds. The second-order valence-electron chi connectivity index (χ2n) is 23.9. The smallest absolute Gasteiger partial charge is 0.512 e. The van der Waals surface area contributed by atoms with Gasteiger partial charge in [0.05, 0.1) is 22.4 Å². The van der Waals surface area contributed by atoms with Crippen molar-refractivity contribution >= 4 is 32.2 Å². The molecule has 2 unspecified atom stereocenters. The maximum absolute atomic E-state index is 8.25. The number of hydrogen-bond acceptors (Lipinski definition) is 6. The van der Waals surface area contributed by atoms with Crippen LogP contribution in [0.1, 0.15) is 375 Å². The monoisotopic (exact) mass is 1040 g/mol. The first-order chi connectivity index (χ1) is 34.8. The summed E-state index contributed by atoms with van der Waals surface area (Å²) in [7, 11) is 0. The van der Waals surface area contributed by atoms with Gasteiger partial charge >= 0.3 is 6.96 Å². The molecule has 2 saturated heterocycles. The van der Waals surface area contributed by atoms with Gasteiger partial charge in [0.25, 0.3) is 0 Å². The first kappa shape index (κ1) is 67.7. The Morgan fingerprint density at radius 2 is 0.352 bits per heavy atom. The van der Waals surface area contributed by atoms with Crippen LogP contribution in [0, 0.1) is 0 Å². The van der Waals surface area contributed by atoms with Crippen molar-refractivity contribution in [2.24, 2.45) is 0 Å². The van der Waals surface area contributed by atoms with Crippen LogP contribution >= 0.6 is 25.3 Å². The average molecular weight is 1040 g/mol. The predicted molar refractivity (Wildman–Crippen MR) is 323 cm³/mol. The van der Waals surface area contributed by atoms with Gasteiger partial charge in [0, 0.05) is 0 Å². The van der Waals surface area contributed by atoms with Gasteiger partial charge in [-0.2, -0.15) is 25.3 Å².